The van der Waals surface area contributed by atoms with Crippen LogP contribution in [0.15, 0.2) is 0 Å². The Balaban J connectivity index is 0. The van der Waals surface area contributed by atoms with Crippen LogP contribution >= 0.6 is 0 Å². The summed E-state index contributed by atoms with van der Waals surface area (Å²) < 4.78 is 0. The first-order valence-electron chi connectivity index (χ1n) is 4.05. The van der Waals surface area contributed by atoms with Crippen molar-refractivity contribution in [3.8, 4) is 0 Å². The van der Waals surface area contributed by atoms with Crippen molar-refractivity contribution in [2.75, 3.05) is 26.3 Å². The van der Waals surface area contributed by atoms with E-state index in [4.69, 9.17) is 21.1 Å². The number of aliphatic hydroxyl groups is 3. The van der Waals surface area contributed by atoms with Gasteiger partial charge in [-0.3, -0.25) is 0 Å². The third kappa shape index (κ3) is 22.6. The topological polar surface area (TPSA) is 98.7 Å². The van der Waals surface area contributed by atoms with Gasteiger partial charge in [0.05, 0.1) is 13.2 Å². The van der Waals surface area contributed by atoms with Gasteiger partial charge in [0.2, 0.25) is 0 Å². The highest BCUT2D eigenvalue weighted by Crippen LogP contribution is 1.72. The highest BCUT2D eigenvalue weighted by atomic mass is 16.3. The summed E-state index contributed by atoms with van der Waals surface area (Å²) >= 11 is 0. The second-order valence-corrected chi connectivity index (χ2v) is 2.17. The second kappa shape index (κ2) is 13.4. The van der Waals surface area contributed by atoms with Crippen molar-refractivity contribution in [2.24, 2.45) is 5.73 Å². The minimum atomic E-state index is -0.616. The van der Waals surface area contributed by atoms with Crippen LogP contribution in [0.25, 0.3) is 0 Å². The van der Waals surface area contributed by atoms with Crippen molar-refractivity contribution in [1.29, 1.82) is 0 Å². The first-order chi connectivity index (χ1) is 5.68. The van der Waals surface area contributed by atoms with E-state index in [-0.39, 0.29) is 13.2 Å². The van der Waals surface area contributed by atoms with Crippen molar-refractivity contribution in [2.45, 2.75) is 19.6 Å². The molecule has 12 heavy (non-hydrogen) atoms. The molecule has 0 spiro atoms. The molecule has 0 aromatic heterocycles. The molecule has 6 N–H and O–H groups in total. The lowest BCUT2D eigenvalue weighted by molar-refractivity contribution is 0.178. The lowest BCUT2D eigenvalue weighted by Gasteiger charge is -1.94. The van der Waals surface area contributed by atoms with E-state index in [1.54, 1.807) is 0 Å². The van der Waals surface area contributed by atoms with Gasteiger partial charge in [-0.05, 0) is 6.42 Å². The highest BCUT2D eigenvalue weighted by Gasteiger charge is 1.81. The average molecular weight is 180 g/mol. The van der Waals surface area contributed by atoms with Crippen LogP contribution in [-0.2, 0) is 0 Å². The standard InChI is InChI=1S/C4H11NO2.C3H9NO/c6-3-1-5-2-4-7;1-2-3(4)5/h5-7H,1-4H2;3,5H,2,4H2,1H3. The summed E-state index contributed by atoms with van der Waals surface area (Å²) in [6, 6.07) is 0. The Morgan fingerprint density at radius 1 is 1.25 bits per heavy atom. The number of rotatable bonds is 5. The number of nitrogens with two attached hydrogens (primary N) is 1. The van der Waals surface area contributed by atoms with Gasteiger partial charge in [0, 0.05) is 13.1 Å². The number of hydrogen-bond donors (Lipinski definition) is 5. The fourth-order valence-corrected chi connectivity index (χ4v) is 0.283. The zero-order valence-electron chi connectivity index (χ0n) is 7.53. The summed E-state index contributed by atoms with van der Waals surface area (Å²) in [4.78, 5) is 0. The lowest BCUT2D eigenvalue weighted by Crippen LogP contribution is -2.21. The van der Waals surface area contributed by atoms with Crippen LogP contribution in [0.2, 0.25) is 0 Å². The van der Waals surface area contributed by atoms with Gasteiger partial charge in [0.1, 0.15) is 6.23 Å². The van der Waals surface area contributed by atoms with Crippen molar-refractivity contribution in [1.82, 2.24) is 5.32 Å². The zero-order valence-corrected chi connectivity index (χ0v) is 7.53. The summed E-state index contributed by atoms with van der Waals surface area (Å²) in [6.45, 7) is 3.24. The molecule has 0 amide bonds. The molecule has 0 aliphatic carbocycles. The molecule has 5 heteroatoms. The van der Waals surface area contributed by atoms with Crippen LogP contribution in [0.5, 0.6) is 0 Å². The van der Waals surface area contributed by atoms with E-state index in [1.165, 1.54) is 0 Å². The normalized spacial score (nSPS) is 11.8. The monoisotopic (exact) mass is 180 g/mol. The van der Waals surface area contributed by atoms with Gasteiger partial charge in [-0.2, -0.15) is 0 Å². The van der Waals surface area contributed by atoms with Gasteiger partial charge < -0.3 is 26.4 Å². The van der Waals surface area contributed by atoms with E-state index in [9.17, 15) is 0 Å². The van der Waals surface area contributed by atoms with E-state index in [2.05, 4.69) is 5.32 Å². The minimum absolute atomic E-state index is 0.139. The largest absolute Gasteiger partial charge is 0.395 e. The molecule has 0 saturated heterocycles. The quantitative estimate of drug-likeness (QED) is 0.255. The van der Waals surface area contributed by atoms with Crippen LogP contribution in [-0.4, -0.2) is 47.9 Å². The molecule has 0 aliphatic rings. The molecule has 1 atom stereocenters. The second-order valence-electron chi connectivity index (χ2n) is 2.17. The van der Waals surface area contributed by atoms with Crippen molar-refractivity contribution >= 4 is 0 Å². The van der Waals surface area contributed by atoms with Crippen molar-refractivity contribution in [3.05, 3.63) is 0 Å². The summed E-state index contributed by atoms with van der Waals surface area (Å²) in [5.74, 6) is 0. The van der Waals surface area contributed by atoms with Gasteiger partial charge in [-0.1, -0.05) is 6.92 Å². The summed E-state index contributed by atoms with van der Waals surface area (Å²) in [6.07, 6.45) is 0.0231. The molecule has 0 rings (SSSR count). The fraction of sp³-hybridized carbons (Fsp3) is 1.00. The van der Waals surface area contributed by atoms with E-state index in [0.717, 1.165) is 0 Å². The van der Waals surface area contributed by atoms with Gasteiger partial charge in [0.15, 0.2) is 0 Å². The first-order valence-corrected chi connectivity index (χ1v) is 4.05. The molecule has 0 bridgehead atoms. The maximum absolute atomic E-state index is 8.15. The smallest absolute Gasteiger partial charge is 0.102 e. The third-order valence-corrected chi connectivity index (χ3v) is 0.995. The summed E-state index contributed by atoms with van der Waals surface area (Å²) in [5.41, 5.74) is 4.85. The third-order valence-electron chi connectivity index (χ3n) is 0.995. The molecular formula is C7H20N2O3. The minimum Gasteiger partial charge on any atom is -0.395 e. The highest BCUT2D eigenvalue weighted by molar-refractivity contribution is 4.39. The predicted molar refractivity (Wildman–Crippen MR) is 47.5 cm³/mol. The molecule has 0 heterocycles. The Kier molecular flexibility index (Phi) is 16.0. The number of hydrogen-bond acceptors (Lipinski definition) is 5. The Labute approximate surface area is 73.2 Å². The average Bonchev–Trinajstić information content (AvgIpc) is 2.07. The predicted octanol–water partition coefficient (Wildman–Crippen LogP) is -1.77. The van der Waals surface area contributed by atoms with Gasteiger partial charge in [-0.15, -0.1) is 0 Å². The van der Waals surface area contributed by atoms with E-state index < -0.39 is 6.23 Å². The van der Waals surface area contributed by atoms with Crippen LogP contribution in [0, 0.1) is 0 Å². The molecule has 1 unspecified atom stereocenters. The molecule has 0 radical (unpaired) electrons. The molecule has 0 saturated carbocycles. The summed E-state index contributed by atoms with van der Waals surface area (Å²) in [5, 5.41) is 27.2. The van der Waals surface area contributed by atoms with Gasteiger partial charge >= 0.3 is 0 Å². The van der Waals surface area contributed by atoms with Crippen LogP contribution < -0.4 is 11.1 Å². The van der Waals surface area contributed by atoms with Crippen LogP contribution in [0.1, 0.15) is 13.3 Å². The Morgan fingerprint density at radius 3 is 1.75 bits per heavy atom. The molecule has 0 aliphatic heterocycles. The fourth-order valence-electron chi connectivity index (χ4n) is 0.283. The Morgan fingerprint density at radius 2 is 1.58 bits per heavy atom. The number of aliphatic hydroxyl groups excluding tert-OH is 3. The Hall–Kier alpha value is -0.200. The van der Waals surface area contributed by atoms with E-state index >= 15 is 0 Å². The molecule has 0 aromatic carbocycles. The van der Waals surface area contributed by atoms with Crippen molar-refractivity contribution in [3.63, 3.8) is 0 Å². The molecule has 5 nitrogen and oxygen atoms in total. The molecular weight excluding hydrogens is 160 g/mol. The van der Waals surface area contributed by atoms with E-state index in [0.29, 0.717) is 19.5 Å². The van der Waals surface area contributed by atoms with E-state index in [1.807, 2.05) is 6.92 Å². The number of nitrogens with one attached hydrogen (secondary N) is 1. The summed E-state index contributed by atoms with van der Waals surface area (Å²) in [7, 11) is 0. The van der Waals surface area contributed by atoms with Gasteiger partial charge in [0.25, 0.3) is 0 Å². The first kappa shape index (κ1) is 14.3. The van der Waals surface area contributed by atoms with Crippen molar-refractivity contribution < 1.29 is 15.3 Å². The van der Waals surface area contributed by atoms with Crippen LogP contribution in [0.4, 0.5) is 0 Å². The molecule has 76 valence electrons. The molecule has 0 aromatic rings. The lowest BCUT2D eigenvalue weighted by atomic mass is 10.5. The zero-order chi connectivity index (χ0) is 9.82. The maximum atomic E-state index is 8.15. The van der Waals surface area contributed by atoms with Crippen LogP contribution in [0.3, 0.4) is 0 Å². The Bertz CT molecular complexity index is 67.7. The SMILES string of the molecule is CCC(N)O.OCCNCCO. The van der Waals surface area contributed by atoms with Gasteiger partial charge in [-0.25, -0.2) is 0 Å². The maximum Gasteiger partial charge on any atom is 0.102 e. The molecule has 0 fully saturated rings.